The van der Waals surface area contributed by atoms with E-state index in [4.69, 9.17) is 0 Å². The van der Waals surface area contributed by atoms with Gasteiger partial charge in [0.15, 0.2) is 0 Å². The molecule has 0 saturated carbocycles. The highest BCUT2D eigenvalue weighted by atomic mass is 16.5. The van der Waals surface area contributed by atoms with Gasteiger partial charge in [0.05, 0.1) is 13.7 Å². The van der Waals surface area contributed by atoms with Crippen molar-refractivity contribution < 1.29 is 9.53 Å². The van der Waals surface area contributed by atoms with Gasteiger partial charge in [-0.3, -0.25) is 9.69 Å². The van der Waals surface area contributed by atoms with Gasteiger partial charge in [-0.15, -0.1) is 0 Å². The molecule has 0 aromatic rings. The summed E-state index contributed by atoms with van der Waals surface area (Å²) in [5.41, 5.74) is 0. The van der Waals surface area contributed by atoms with Crippen molar-refractivity contribution >= 4 is 5.97 Å². The van der Waals surface area contributed by atoms with Crippen molar-refractivity contribution in [3.05, 3.63) is 0 Å². The van der Waals surface area contributed by atoms with Crippen LogP contribution in [0.25, 0.3) is 0 Å². The van der Waals surface area contributed by atoms with Crippen LogP contribution >= 0.6 is 0 Å². The SMILES string of the molecule is COC(=O)CN1C(C)C[N]CC1C. The maximum Gasteiger partial charge on any atom is 0.319 e. The van der Waals surface area contributed by atoms with Gasteiger partial charge >= 0.3 is 5.97 Å². The Morgan fingerprint density at radius 2 is 2.00 bits per heavy atom. The van der Waals surface area contributed by atoms with Crippen molar-refractivity contribution in [3.63, 3.8) is 0 Å². The number of piperazine rings is 1. The number of nitrogens with zero attached hydrogens (tertiary/aromatic N) is 2. The molecule has 1 fully saturated rings. The summed E-state index contributed by atoms with van der Waals surface area (Å²) >= 11 is 0. The first-order chi connectivity index (χ1) is 6.15. The molecule has 0 bridgehead atoms. The van der Waals surface area contributed by atoms with Gasteiger partial charge < -0.3 is 4.74 Å². The normalized spacial score (nSPS) is 30.1. The van der Waals surface area contributed by atoms with E-state index >= 15 is 0 Å². The average molecular weight is 185 g/mol. The van der Waals surface area contributed by atoms with E-state index in [9.17, 15) is 4.79 Å². The number of methoxy groups -OCH3 is 1. The summed E-state index contributed by atoms with van der Waals surface area (Å²) < 4.78 is 4.64. The van der Waals surface area contributed by atoms with Crippen LogP contribution in [0.1, 0.15) is 13.8 Å². The fraction of sp³-hybridized carbons (Fsp3) is 0.889. The molecule has 1 aliphatic heterocycles. The summed E-state index contributed by atoms with van der Waals surface area (Å²) in [6.07, 6.45) is 0. The maximum absolute atomic E-state index is 11.1. The average Bonchev–Trinajstić information content (AvgIpc) is 2.11. The molecule has 0 aromatic carbocycles. The number of carbonyl (C=O) groups excluding carboxylic acids is 1. The van der Waals surface area contributed by atoms with Gasteiger partial charge in [0.1, 0.15) is 0 Å². The lowest BCUT2D eigenvalue weighted by atomic mass is 10.1. The Balaban J connectivity index is 2.48. The summed E-state index contributed by atoms with van der Waals surface area (Å²) in [4.78, 5) is 13.2. The lowest BCUT2D eigenvalue weighted by Crippen LogP contribution is -2.54. The Labute approximate surface area is 79.2 Å². The maximum atomic E-state index is 11.1. The molecule has 0 N–H and O–H groups in total. The molecular formula is C9H17N2O2. The number of ether oxygens (including phenoxy) is 1. The zero-order valence-corrected chi connectivity index (χ0v) is 8.49. The molecule has 1 radical (unpaired) electrons. The molecule has 1 heterocycles. The summed E-state index contributed by atoms with van der Waals surface area (Å²) in [5.74, 6) is -0.166. The van der Waals surface area contributed by atoms with E-state index < -0.39 is 0 Å². The van der Waals surface area contributed by atoms with Crippen LogP contribution < -0.4 is 5.32 Å². The Hall–Kier alpha value is -0.610. The van der Waals surface area contributed by atoms with Crippen molar-refractivity contribution in [2.45, 2.75) is 25.9 Å². The van der Waals surface area contributed by atoms with Gasteiger partial charge in [-0.1, -0.05) is 0 Å². The van der Waals surface area contributed by atoms with Gasteiger partial charge in [-0.05, 0) is 13.8 Å². The van der Waals surface area contributed by atoms with E-state index in [1.54, 1.807) is 0 Å². The van der Waals surface area contributed by atoms with Gasteiger partial charge in [-0.2, -0.15) is 0 Å². The van der Waals surface area contributed by atoms with Gasteiger partial charge in [0.2, 0.25) is 0 Å². The van der Waals surface area contributed by atoms with Crippen LogP contribution in [-0.4, -0.2) is 49.7 Å². The number of hydrogen-bond acceptors (Lipinski definition) is 3. The first-order valence-electron chi connectivity index (χ1n) is 4.61. The predicted octanol–water partition coefficient (Wildman–Crippen LogP) is -0.144. The highest BCUT2D eigenvalue weighted by Gasteiger charge is 2.26. The van der Waals surface area contributed by atoms with E-state index in [1.807, 2.05) is 0 Å². The first-order valence-corrected chi connectivity index (χ1v) is 4.61. The molecular weight excluding hydrogens is 168 g/mol. The molecule has 0 spiro atoms. The van der Waals surface area contributed by atoms with Crippen LogP contribution in [-0.2, 0) is 9.53 Å². The third kappa shape index (κ3) is 2.67. The molecule has 1 saturated heterocycles. The molecule has 4 nitrogen and oxygen atoms in total. The quantitative estimate of drug-likeness (QED) is 0.562. The smallest absolute Gasteiger partial charge is 0.319 e. The number of rotatable bonds is 2. The van der Waals surface area contributed by atoms with Crippen LogP contribution in [0.4, 0.5) is 0 Å². The Morgan fingerprint density at radius 3 is 2.46 bits per heavy atom. The van der Waals surface area contributed by atoms with E-state index in [2.05, 4.69) is 28.8 Å². The van der Waals surface area contributed by atoms with Crippen LogP contribution in [0, 0.1) is 0 Å². The minimum atomic E-state index is -0.166. The Morgan fingerprint density at radius 1 is 1.46 bits per heavy atom. The van der Waals surface area contributed by atoms with Crippen LogP contribution in [0.2, 0.25) is 0 Å². The number of carbonyl (C=O) groups is 1. The molecule has 2 atom stereocenters. The number of esters is 1. The zero-order valence-electron chi connectivity index (χ0n) is 8.49. The lowest BCUT2D eigenvalue weighted by Gasteiger charge is -2.37. The monoisotopic (exact) mass is 185 g/mol. The Bertz CT molecular complexity index is 174. The lowest BCUT2D eigenvalue weighted by molar-refractivity contribution is -0.143. The van der Waals surface area contributed by atoms with Crippen molar-refractivity contribution in [2.75, 3.05) is 26.7 Å². The fourth-order valence-corrected chi connectivity index (χ4v) is 1.62. The molecule has 13 heavy (non-hydrogen) atoms. The summed E-state index contributed by atoms with van der Waals surface area (Å²) in [6.45, 7) is 6.20. The first kappa shape index (κ1) is 10.5. The molecule has 2 unspecified atom stereocenters. The highest BCUT2D eigenvalue weighted by molar-refractivity contribution is 5.71. The summed E-state index contributed by atoms with van der Waals surface area (Å²) in [5, 5.41) is 4.33. The minimum absolute atomic E-state index is 0.166. The van der Waals surface area contributed by atoms with E-state index in [0.717, 1.165) is 13.1 Å². The summed E-state index contributed by atoms with van der Waals surface area (Å²) in [6, 6.07) is 0.700. The molecule has 1 aliphatic rings. The molecule has 75 valence electrons. The van der Waals surface area contributed by atoms with Crippen molar-refractivity contribution in [3.8, 4) is 0 Å². The van der Waals surface area contributed by atoms with E-state index in [-0.39, 0.29) is 5.97 Å². The van der Waals surface area contributed by atoms with E-state index in [1.165, 1.54) is 7.11 Å². The largest absolute Gasteiger partial charge is 0.468 e. The second-order valence-corrected chi connectivity index (χ2v) is 3.54. The molecule has 4 heteroatoms. The highest BCUT2D eigenvalue weighted by Crippen LogP contribution is 2.09. The zero-order chi connectivity index (χ0) is 9.84. The van der Waals surface area contributed by atoms with Crippen molar-refractivity contribution in [1.82, 2.24) is 10.2 Å². The molecule has 0 aliphatic carbocycles. The number of hydrogen-bond donors (Lipinski definition) is 0. The van der Waals surface area contributed by atoms with Crippen molar-refractivity contribution in [2.24, 2.45) is 0 Å². The second-order valence-electron chi connectivity index (χ2n) is 3.54. The van der Waals surface area contributed by atoms with Crippen LogP contribution in [0.3, 0.4) is 0 Å². The third-order valence-electron chi connectivity index (χ3n) is 2.46. The topological polar surface area (TPSA) is 43.6 Å². The van der Waals surface area contributed by atoms with Crippen molar-refractivity contribution in [1.29, 1.82) is 0 Å². The van der Waals surface area contributed by atoms with Gasteiger partial charge in [-0.25, -0.2) is 5.32 Å². The van der Waals surface area contributed by atoms with E-state index in [0.29, 0.717) is 18.6 Å². The second kappa shape index (κ2) is 4.58. The molecule has 0 aromatic heterocycles. The fourth-order valence-electron chi connectivity index (χ4n) is 1.62. The van der Waals surface area contributed by atoms with Gasteiger partial charge in [0.25, 0.3) is 0 Å². The standard InChI is InChI=1S/C9H17N2O2/c1-7-4-10-5-8(2)11(7)6-9(12)13-3/h7-8H,4-6H2,1-3H3. The van der Waals surface area contributed by atoms with Gasteiger partial charge in [0, 0.05) is 25.2 Å². The third-order valence-corrected chi connectivity index (χ3v) is 2.46. The molecule has 1 rings (SSSR count). The minimum Gasteiger partial charge on any atom is -0.468 e. The Kier molecular flexibility index (Phi) is 3.69. The van der Waals surface area contributed by atoms with Crippen LogP contribution in [0.15, 0.2) is 0 Å². The molecule has 0 amide bonds. The van der Waals surface area contributed by atoms with Crippen LogP contribution in [0.5, 0.6) is 0 Å². The predicted molar refractivity (Wildman–Crippen MR) is 49.5 cm³/mol. The summed E-state index contributed by atoms with van der Waals surface area (Å²) in [7, 11) is 1.42.